The van der Waals surface area contributed by atoms with Crippen molar-refractivity contribution in [2.45, 2.75) is 0 Å². The highest BCUT2D eigenvalue weighted by atomic mass is 19.1. The van der Waals surface area contributed by atoms with E-state index in [1.54, 1.807) is 6.07 Å². The molecule has 0 fully saturated rings. The van der Waals surface area contributed by atoms with E-state index in [1.165, 1.54) is 24.3 Å². The molecule has 0 radical (unpaired) electrons. The highest BCUT2D eigenvalue weighted by molar-refractivity contribution is 5.87. The van der Waals surface area contributed by atoms with Gasteiger partial charge in [0.25, 0.3) is 0 Å². The molecule has 0 saturated carbocycles. The Bertz CT molecular complexity index is 743. The molecule has 0 aliphatic heterocycles. The number of carboxylic acids is 1. The summed E-state index contributed by atoms with van der Waals surface area (Å²) < 4.78 is 23.3. The molecular weight excluding hydrogens is 241 g/mol. The van der Waals surface area contributed by atoms with E-state index >= 15 is 0 Å². The molecule has 0 bridgehead atoms. The molecule has 0 spiro atoms. The van der Waals surface area contributed by atoms with Crippen LogP contribution in [0.5, 0.6) is 0 Å². The third kappa shape index (κ3) is 1.64. The third-order valence-electron chi connectivity index (χ3n) is 2.45. The molecule has 6 heteroatoms. The van der Waals surface area contributed by atoms with Gasteiger partial charge in [0.1, 0.15) is 11.4 Å². The normalized spacial score (nSPS) is 10.9. The van der Waals surface area contributed by atoms with Crippen LogP contribution in [0.2, 0.25) is 0 Å². The molecule has 2 heterocycles. The second-order valence-electron chi connectivity index (χ2n) is 3.67. The summed E-state index contributed by atoms with van der Waals surface area (Å²) in [7, 11) is 0. The van der Waals surface area contributed by atoms with Crippen molar-refractivity contribution < 1.29 is 23.2 Å². The van der Waals surface area contributed by atoms with Gasteiger partial charge in [-0.2, -0.15) is 0 Å². The van der Waals surface area contributed by atoms with Gasteiger partial charge in [-0.1, -0.05) is 5.16 Å². The third-order valence-corrected chi connectivity index (χ3v) is 2.45. The lowest BCUT2D eigenvalue weighted by Crippen LogP contribution is -1.94. The number of aromatic nitrogens is 1. The standard InChI is InChI=1S/C12H6FNO4/c13-7-1-2-9-6(3-7)4-10(17-9)11-5-8(12(15)16)14-18-11/h1-5H,(H,15,16). The number of hydrogen-bond acceptors (Lipinski definition) is 4. The first-order chi connectivity index (χ1) is 8.63. The Balaban J connectivity index is 2.10. The predicted octanol–water partition coefficient (Wildman–Crippen LogP) is 2.93. The van der Waals surface area contributed by atoms with Crippen LogP contribution in [0.25, 0.3) is 22.5 Å². The average Bonchev–Trinajstić information content (AvgIpc) is 2.93. The van der Waals surface area contributed by atoms with E-state index in [0.717, 1.165) is 0 Å². The predicted molar refractivity (Wildman–Crippen MR) is 58.6 cm³/mol. The van der Waals surface area contributed by atoms with Crippen LogP contribution in [-0.2, 0) is 0 Å². The molecule has 3 rings (SSSR count). The van der Waals surface area contributed by atoms with E-state index in [0.29, 0.717) is 16.7 Å². The minimum atomic E-state index is -1.19. The summed E-state index contributed by atoms with van der Waals surface area (Å²) in [6.07, 6.45) is 0. The minimum Gasteiger partial charge on any atom is -0.476 e. The van der Waals surface area contributed by atoms with E-state index in [9.17, 15) is 9.18 Å². The molecule has 0 saturated heterocycles. The van der Waals surface area contributed by atoms with E-state index in [-0.39, 0.29) is 17.3 Å². The maximum atomic E-state index is 13.0. The van der Waals surface area contributed by atoms with Crippen molar-refractivity contribution in [1.29, 1.82) is 0 Å². The van der Waals surface area contributed by atoms with Crippen molar-refractivity contribution in [1.82, 2.24) is 5.16 Å². The fourth-order valence-corrected chi connectivity index (χ4v) is 1.63. The lowest BCUT2D eigenvalue weighted by molar-refractivity contribution is 0.0686. The molecular formula is C12H6FNO4. The average molecular weight is 247 g/mol. The summed E-state index contributed by atoms with van der Waals surface area (Å²) >= 11 is 0. The first-order valence-electron chi connectivity index (χ1n) is 5.03. The van der Waals surface area contributed by atoms with Crippen LogP contribution in [0.15, 0.2) is 39.3 Å². The van der Waals surface area contributed by atoms with Crippen molar-refractivity contribution >= 4 is 16.9 Å². The number of carboxylic acid groups (broad SMARTS) is 1. The Hall–Kier alpha value is -2.63. The van der Waals surface area contributed by atoms with E-state index in [2.05, 4.69) is 5.16 Å². The molecule has 0 atom stereocenters. The molecule has 0 aliphatic rings. The van der Waals surface area contributed by atoms with Crippen LogP contribution in [0, 0.1) is 5.82 Å². The smallest absolute Gasteiger partial charge is 0.358 e. The number of nitrogens with zero attached hydrogens (tertiary/aromatic N) is 1. The van der Waals surface area contributed by atoms with E-state index in [1.807, 2.05) is 0 Å². The van der Waals surface area contributed by atoms with Gasteiger partial charge in [0.05, 0.1) is 0 Å². The number of rotatable bonds is 2. The fourth-order valence-electron chi connectivity index (χ4n) is 1.63. The van der Waals surface area contributed by atoms with Crippen molar-refractivity contribution in [3.05, 3.63) is 41.8 Å². The zero-order valence-electron chi connectivity index (χ0n) is 8.88. The highest BCUT2D eigenvalue weighted by Gasteiger charge is 2.15. The molecule has 2 aromatic heterocycles. The zero-order valence-corrected chi connectivity index (χ0v) is 8.88. The quantitative estimate of drug-likeness (QED) is 0.753. The summed E-state index contributed by atoms with van der Waals surface area (Å²) in [5, 5.41) is 12.7. The second kappa shape index (κ2) is 3.69. The highest BCUT2D eigenvalue weighted by Crippen LogP contribution is 2.28. The van der Waals surface area contributed by atoms with Crippen molar-refractivity contribution in [2.75, 3.05) is 0 Å². The minimum absolute atomic E-state index is 0.184. The summed E-state index contributed by atoms with van der Waals surface area (Å²) in [5.74, 6) is -1.08. The molecule has 18 heavy (non-hydrogen) atoms. The second-order valence-corrected chi connectivity index (χ2v) is 3.67. The number of fused-ring (bicyclic) bond motifs is 1. The lowest BCUT2D eigenvalue weighted by atomic mass is 10.2. The first-order valence-corrected chi connectivity index (χ1v) is 5.03. The Labute approximate surface area is 99.4 Å². The molecule has 3 aromatic rings. The number of benzene rings is 1. The molecule has 5 nitrogen and oxygen atoms in total. The van der Waals surface area contributed by atoms with Crippen molar-refractivity contribution in [3.8, 4) is 11.5 Å². The number of halogens is 1. The largest absolute Gasteiger partial charge is 0.476 e. The molecule has 90 valence electrons. The van der Waals surface area contributed by atoms with Crippen LogP contribution in [0.1, 0.15) is 10.5 Å². The van der Waals surface area contributed by atoms with Crippen LogP contribution in [0.4, 0.5) is 4.39 Å². The van der Waals surface area contributed by atoms with Gasteiger partial charge in [-0.25, -0.2) is 9.18 Å². The summed E-state index contributed by atoms with van der Waals surface area (Å²) in [6.45, 7) is 0. The van der Waals surface area contributed by atoms with E-state index < -0.39 is 5.97 Å². The monoisotopic (exact) mass is 247 g/mol. The van der Waals surface area contributed by atoms with Crippen molar-refractivity contribution in [3.63, 3.8) is 0 Å². The molecule has 0 unspecified atom stereocenters. The molecule has 0 aliphatic carbocycles. The van der Waals surface area contributed by atoms with Gasteiger partial charge in [-0.15, -0.1) is 0 Å². The maximum Gasteiger partial charge on any atom is 0.358 e. The number of hydrogen-bond donors (Lipinski definition) is 1. The van der Waals surface area contributed by atoms with Gasteiger partial charge in [-0.05, 0) is 24.3 Å². The van der Waals surface area contributed by atoms with Gasteiger partial charge in [0.2, 0.25) is 5.76 Å². The summed E-state index contributed by atoms with van der Waals surface area (Å²) in [6, 6.07) is 6.89. The molecule has 1 N–H and O–H groups in total. The first kappa shape index (κ1) is 10.5. The van der Waals surface area contributed by atoms with Crippen LogP contribution in [-0.4, -0.2) is 16.2 Å². The number of furan rings is 1. The van der Waals surface area contributed by atoms with Crippen LogP contribution in [0.3, 0.4) is 0 Å². The van der Waals surface area contributed by atoms with Crippen molar-refractivity contribution in [2.24, 2.45) is 0 Å². The summed E-state index contributed by atoms with van der Waals surface area (Å²) in [5.41, 5.74) is 0.274. The zero-order chi connectivity index (χ0) is 12.7. The van der Waals surface area contributed by atoms with Gasteiger partial charge >= 0.3 is 5.97 Å². The van der Waals surface area contributed by atoms with Gasteiger partial charge in [-0.3, -0.25) is 0 Å². The van der Waals surface area contributed by atoms with Gasteiger partial charge in [0.15, 0.2) is 11.5 Å². The number of aromatic carboxylic acids is 1. The molecule has 1 aromatic carbocycles. The van der Waals surface area contributed by atoms with Crippen LogP contribution < -0.4 is 0 Å². The Morgan fingerprint density at radius 2 is 2.06 bits per heavy atom. The molecule has 0 amide bonds. The van der Waals surface area contributed by atoms with Crippen LogP contribution >= 0.6 is 0 Å². The SMILES string of the molecule is O=C(O)c1cc(-c2cc3cc(F)ccc3o2)on1. The fraction of sp³-hybridized carbons (Fsp3) is 0. The Morgan fingerprint density at radius 3 is 2.78 bits per heavy atom. The number of carbonyl (C=O) groups is 1. The Kier molecular flexibility index (Phi) is 2.16. The van der Waals surface area contributed by atoms with Gasteiger partial charge < -0.3 is 14.0 Å². The topological polar surface area (TPSA) is 76.5 Å². The lowest BCUT2D eigenvalue weighted by Gasteiger charge is -1.86. The summed E-state index contributed by atoms with van der Waals surface area (Å²) in [4.78, 5) is 10.7. The maximum absolute atomic E-state index is 13.0. The van der Waals surface area contributed by atoms with Gasteiger partial charge in [0, 0.05) is 11.5 Å². The Morgan fingerprint density at radius 1 is 1.22 bits per heavy atom. The van der Waals surface area contributed by atoms with E-state index in [4.69, 9.17) is 14.0 Å².